The van der Waals surface area contributed by atoms with Crippen LogP contribution in [0.15, 0.2) is 29.2 Å². The Kier molecular flexibility index (Phi) is 4.35. The maximum Gasteiger partial charge on any atom is 0.349 e. The van der Waals surface area contributed by atoms with Gasteiger partial charge in [-0.1, -0.05) is 23.6 Å². The fourth-order valence-electron chi connectivity index (χ4n) is 1.32. The standard InChI is InChI=1S/C13H14O5S/c1-4-9-13(3,12(14)15)18-19(16,17)11-7-5-10(2)6-8-11/h5-8H,1-3H3,(H,14,15). The minimum absolute atomic E-state index is 0.108. The summed E-state index contributed by atoms with van der Waals surface area (Å²) in [6, 6.07) is 5.90. The Morgan fingerprint density at radius 1 is 1.32 bits per heavy atom. The summed E-state index contributed by atoms with van der Waals surface area (Å²) in [5.74, 6) is 3.14. The lowest BCUT2D eigenvalue weighted by molar-refractivity contribution is -0.148. The third kappa shape index (κ3) is 3.56. The van der Waals surface area contributed by atoms with Crippen molar-refractivity contribution in [3.8, 4) is 11.8 Å². The van der Waals surface area contributed by atoms with Gasteiger partial charge < -0.3 is 5.11 Å². The number of hydrogen-bond acceptors (Lipinski definition) is 4. The van der Waals surface area contributed by atoms with E-state index in [-0.39, 0.29) is 4.90 Å². The molecular formula is C13H14O5S. The molecule has 1 aromatic rings. The minimum Gasteiger partial charge on any atom is -0.478 e. The lowest BCUT2D eigenvalue weighted by Gasteiger charge is -2.18. The highest BCUT2D eigenvalue weighted by molar-refractivity contribution is 7.86. The topological polar surface area (TPSA) is 80.7 Å². The predicted octanol–water partition coefficient (Wildman–Crippen LogP) is 1.57. The van der Waals surface area contributed by atoms with Gasteiger partial charge in [0.1, 0.15) is 0 Å². The lowest BCUT2D eigenvalue weighted by atomic mass is 10.1. The number of aryl methyl sites for hydroxylation is 1. The second-order valence-electron chi connectivity index (χ2n) is 4.06. The van der Waals surface area contributed by atoms with Crippen LogP contribution in [0.5, 0.6) is 0 Å². The van der Waals surface area contributed by atoms with Crippen LogP contribution in [0.25, 0.3) is 0 Å². The summed E-state index contributed by atoms with van der Waals surface area (Å²) in [4.78, 5) is 11.0. The summed E-state index contributed by atoms with van der Waals surface area (Å²) >= 11 is 0. The van der Waals surface area contributed by atoms with Crippen molar-refractivity contribution < 1.29 is 22.5 Å². The van der Waals surface area contributed by atoms with Crippen molar-refractivity contribution in [2.75, 3.05) is 0 Å². The molecule has 0 saturated carbocycles. The maximum atomic E-state index is 12.0. The molecule has 0 aliphatic heterocycles. The molecule has 5 nitrogen and oxygen atoms in total. The van der Waals surface area contributed by atoms with E-state index >= 15 is 0 Å². The Morgan fingerprint density at radius 3 is 2.26 bits per heavy atom. The smallest absolute Gasteiger partial charge is 0.349 e. The molecule has 0 spiro atoms. The van der Waals surface area contributed by atoms with Crippen molar-refractivity contribution in [2.24, 2.45) is 0 Å². The summed E-state index contributed by atoms with van der Waals surface area (Å²) in [5.41, 5.74) is -1.22. The van der Waals surface area contributed by atoms with Gasteiger partial charge >= 0.3 is 5.97 Å². The second kappa shape index (κ2) is 5.43. The Bertz CT molecular complexity index is 634. The van der Waals surface area contributed by atoms with Gasteiger partial charge in [0.25, 0.3) is 10.1 Å². The van der Waals surface area contributed by atoms with E-state index in [9.17, 15) is 13.2 Å². The Morgan fingerprint density at radius 2 is 1.84 bits per heavy atom. The van der Waals surface area contributed by atoms with Crippen LogP contribution in [-0.4, -0.2) is 25.1 Å². The minimum atomic E-state index is -4.19. The van der Waals surface area contributed by atoms with Crippen molar-refractivity contribution >= 4 is 16.1 Å². The largest absolute Gasteiger partial charge is 0.478 e. The molecule has 6 heteroatoms. The van der Waals surface area contributed by atoms with Crippen LogP contribution in [0.4, 0.5) is 0 Å². The molecule has 0 aromatic heterocycles. The molecule has 0 aliphatic rings. The van der Waals surface area contributed by atoms with E-state index in [1.165, 1.54) is 19.1 Å². The average Bonchev–Trinajstić information content (AvgIpc) is 2.28. The molecule has 0 bridgehead atoms. The normalized spacial score (nSPS) is 14.1. The zero-order chi connectivity index (χ0) is 14.7. The molecule has 0 aliphatic carbocycles. The number of carboxylic acids is 1. The van der Waals surface area contributed by atoms with Gasteiger partial charge in [-0.3, -0.25) is 0 Å². The van der Waals surface area contributed by atoms with Gasteiger partial charge in [0.15, 0.2) is 0 Å². The number of benzene rings is 1. The van der Waals surface area contributed by atoms with Crippen molar-refractivity contribution in [3.05, 3.63) is 29.8 Å². The molecule has 19 heavy (non-hydrogen) atoms. The van der Waals surface area contributed by atoms with Crippen LogP contribution in [0.1, 0.15) is 19.4 Å². The Hall–Kier alpha value is -1.84. The number of carbonyl (C=O) groups is 1. The van der Waals surface area contributed by atoms with Gasteiger partial charge in [0.05, 0.1) is 4.90 Å². The first-order chi connectivity index (χ1) is 8.71. The third-order valence-corrected chi connectivity index (χ3v) is 3.76. The van der Waals surface area contributed by atoms with Gasteiger partial charge in [0.2, 0.25) is 5.60 Å². The van der Waals surface area contributed by atoms with E-state index in [0.29, 0.717) is 0 Å². The van der Waals surface area contributed by atoms with E-state index in [0.717, 1.165) is 12.5 Å². The zero-order valence-corrected chi connectivity index (χ0v) is 11.6. The maximum absolute atomic E-state index is 12.0. The lowest BCUT2D eigenvalue weighted by Crippen LogP contribution is -2.39. The SMILES string of the molecule is CC#CC(C)(OS(=O)(=O)c1ccc(C)cc1)C(=O)O. The van der Waals surface area contributed by atoms with Gasteiger partial charge in [-0.25, -0.2) is 8.98 Å². The number of hydrogen-bond donors (Lipinski definition) is 1. The molecule has 1 rings (SSSR count). The molecule has 1 atom stereocenters. The van der Waals surface area contributed by atoms with Crippen molar-refractivity contribution in [2.45, 2.75) is 31.3 Å². The van der Waals surface area contributed by atoms with E-state index in [1.54, 1.807) is 19.1 Å². The molecule has 102 valence electrons. The number of rotatable bonds is 4. The first kappa shape index (κ1) is 15.2. The summed E-state index contributed by atoms with van der Waals surface area (Å²) in [5, 5.41) is 9.03. The molecule has 1 unspecified atom stereocenters. The summed E-state index contributed by atoms with van der Waals surface area (Å²) in [7, 11) is -4.19. The second-order valence-corrected chi connectivity index (χ2v) is 5.61. The molecule has 0 heterocycles. The van der Waals surface area contributed by atoms with Crippen LogP contribution in [0.3, 0.4) is 0 Å². The van der Waals surface area contributed by atoms with Crippen LogP contribution in [0, 0.1) is 18.8 Å². The molecule has 0 fully saturated rings. The fourth-order valence-corrected chi connectivity index (χ4v) is 2.44. The summed E-state index contributed by atoms with van der Waals surface area (Å²) in [6.45, 7) is 4.31. The molecule has 0 radical (unpaired) electrons. The van der Waals surface area contributed by atoms with Gasteiger partial charge in [-0.05, 0) is 32.9 Å². The monoisotopic (exact) mass is 282 g/mol. The van der Waals surface area contributed by atoms with E-state index in [2.05, 4.69) is 11.8 Å². The van der Waals surface area contributed by atoms with Gasteiger partial charge in [-0.15, -0.1) is 5.92 Å². The van der Waals surface area contributed by atoms with Gasteiger partial charge in [-0.2, -0.15) is 8.42 Å². The zero-order valence-electron chi connectivity index (χ0n) is 10.8. The van der Waals surface area contributed by atoms with Crippen LogP contribution in [-0.2, 0) is 19.1 Å². The van der Waals surface area contributed by atoms with E-state index < -0.39 is 21.7 Å². The highest BCUT2D eigenvalue weighted by Crippen LogP contribution is 2.20. The first-order valence-electron chi connectivity index (χ1n) is 5.41. The number of carboxylic acid groups (broad SMARTS) is 1. The van der Waals surface area contributed by atoms with Crippen LogP contribution < -0.4 is 0 Å². The van der Waals surface area contributed by atoms with Crippen LogP contribution >= 0.6 is 0 Å². The van der Waals surface area contributed by atoms with Crippen molar-refractivity contribution in [3.63, 3.8) is 0 Å². The predicted molar refractivity (Wildman–Crippen MR) is 68.9 cm³/mol. The third-order valence-electron chi connectivity index (χ3n) is 2.36. The molecule has 0 saturated heterocycles. The molecule has 0 amide bonds. The Balaban J connectivity index is 3.17. The van der Waals surface area contributed by atoms with Gasteiger partial charge in [0, 0.05) is 0 Å². The van der Waals surface area contributed by atoms with Crippen molar-refractivity contribution in [1.82, 2.24) is 0 Å². The molecule has 1 aromatic carbocycles. The highest BCUT2D eigenvalue weighted by atomic mass is 32.2. The van der Waals surface area contributed by atoms with E-state index in [4.69, 9.17) is 9.29 Å². The summed E-state index contributed by atoms with van der Waals surface area (Å²) < 4.78 is 28.7. The first-order valence-corrected chi connectivity index (χ1v) is 6.82. The quantitative estimate of drug-likeness (QED) is 0.669. The molecule has 1 N–H and O–H groups in total. The number of aliphatic carboxylic acids is 1. The molecular weight excluding hydrogens is 268 g/mol. The van der Waals surface area contributed by atoms with Crippen molar-refractivity contribution in [1.29, 1.82) is 0 Å². The average molecular weight is 282 g/mol. The Labute approximate surface area is 112 Å². The highest BCUT2D eigenvalue weighted by Gasteiger charge is 2.38. The summed E-state index contributed by atoms with van der Waals surface area (Å²) in [6.07, 6.45) is 0. The van der Waals surface area contributed by atoms with E-state index in [1.807, 2.05) is 0 Å². The fraction of sp³-hybridized carbons (Fsp3) is 0.308. The van der Waals surface area contributed by atoms with Crippen LogP contribution in [0.2, 0.25) is 0 Å².